The molecule has 3 aromatic rings. The van der Waals surface area contributed by atoms with Crippen molar-refractivity contribution in [3.05, 3.63) is 69.6 Å². The normalized spacial score (nSPS) is 10.4. The zero-order chi connectivity index (χ0) is 26.2. The number of carbonyl (C=O) groups excluding carboxylic acids is 3. The van der Waals surface area contributed by atoms with E-state index in [9.17, 15) is 14.4 Å². The van der Waals surface area contributed by atoms with E-state index in [2.05, 4.69) is 10.6 Å². The van der Waals surface area contributed by atoms with Crippen LogP contribution >= 0.6 is 11.3 Å². The Hall–Kier alpha value is -4.05. The maximum absolute atomic E-state index is 13.1. The number of benzene rings is 2. The second kappa shape index (κ2) is 12.1. The Morgan fingerprint density at radius 2 is 1.53 bits per heavy atom. The first-order valence-electron chi connectivity index (χ1n) is 11.0. The van der Waals surface area contributed by atoms with Crippen LogP contribution in [0.25, 0.3) is 0 Å². The molecule has 0 fully saturated rings. The van der Waals surface area contributed by atoms with Gasteiger partial charge >= 0.3 is 5.97 Å². The van der Waals surface area contributed by atoms with Crippen molar-refractivity contribution in [1.82, 2.24) is 5.32 Å². The van der Waals surface area contributed by atoms with Gasteiger partial charge in [0.15, 0.2) is 11.5 Å². The molecule has 0 atom stereocenters. The Balaban J connectivity index is 1.86. The van der Waals surface area contributed by atoms with E-state index < -0.39 is 11.9 Å². The summed E-state index contributed by atoms with van der Waals surface area (Å²) in [5, 5.41) is 5.80. The standard InChI is InChI=1S/C26H28N2O7S/c1-15-20(26(31)35-5)25(36-22(15)24(30)27-12-11-16-9-7-6-8-10-16)28-23(29)17-13-18(32-2)21(34-4)19(14-17)33-3/h6-10,13-14H,11-12H2,1-5H3,(H,27,30)(H,28,29). The molecule has 1 heterocycles. The molecule has 2 aromatic carbocycles. The molecule has 10 heteroatoms. The highest BCUT2D eigenvalue weighted by Crippen LogP contribution is 2.39. The summed E-state index contributed by atoms with van der Waals surface area (Å²) in [7, 11) is 5.59. The van der Waals surface area contributed by atoms with Crippen molar-refractivity contribution < 1.29 is 33.3 Å². The summed E-state index contributed by atoms with van der Waals surface area (Å²) in [6, 6.07) is 12.7. The molecule has 1 aromatic heterocycles. The molecule has 9 nitrogen and oxygen atoms in total. The molecule has 2 N–H and O–H groups in total. The van der Waals surface area contributed by atoms with Gasteiger partial charge in [-0.1, -0.05) is 30.3 Å². The first-order valence-corrected chi connectivity index (χ1v) is 11.8. The number of ether oxygens (including phenoxy) is 4. The lowest BCUT2D eigenvalue weighted by Gasteiger charge is -2.14. The fraction of sp³-hybridized carbons (Fsp3) is 0.269. The van der Waals surface area contributed by atoms with Gasteiger partial charge < -0.3 is 29.6 Å². The van der Waals surface area contributed by atoms with Gasteiger partial charge in [0.2, 0.25) is 5.75 Å². The molecular weight excluding hydrogens is 484 g/mol. The fourth-order valence-corrected chi connectivity index (χ4v) is 4.71. The van der Waals surface area contributed by atoms with E-state index in [1.807, 2.05) is 30.3 Å². The number of methoxy groups -OCH3 is 4. The van der Waals surface area contributed by atoms with E-state index in [-0.39, 0.29) is 22.0 Å². The van der Waals surface area contributed by atoms with Gasteiger partial charge in [-0.3, -0.25) is 9.59 Å². The van der Waals surface area contributed by atoms with E-state index in [0.717, 1.165) is 16.9 Å². The number of rotatable bonds is 10. The van der Waals surface area contributed by atoms with Crippen molar-refractivity contribution in [3.8, 4) is 17.2 Å². The third-order valence-electron chi connectivity index (χ3n) is 5.44. The zero-order valence-electron chi connectivity index (χ0n) is 20.7. The van der Waals surface area contributed by atoms with Gasteiger partial charge in [0, 0.05) is 12.1 Å². The Morgan fingerprint density at radius 1 is 0.889 bits per heavy atom. The summed E-state index contributed by atoms with van der Waals surface area (Å²) in [6.45, 7) is 2.06. The highest BCUT2D eigenvalue weighted by Gasteiger charge is 2.27. The van der Waals surface area contributed by atoms with E-state index >= 15 is 0 Å². The van der Waals surface area contributed by atoms with Crippen molar-refractivity contribution >= 4 is 34.1 Å². The largest absolute Gasteiger partial charge is 0.493 e. The molecule has 190 valence electrons. The Kier molecular flexibility index (Phi) is 8.91. The van der Waals surface area contributed by atoms with Crippen molar-refractivity contribution in [2.75, 3.05) is 40.3 Å². The minimum absolute atomic E-state index is 0.122. The van der Waals surface area contributed by atoms with E-state index in [0.29, 0.717) is 40.7 Å². The number of amides is 2. The van der Waals surface area contributed by atoms with Crippen molar-refractivity contribution in [2.45, 2.75) is 13.3 Å². The SMILES string of the molecule is COC(=O)c1c(NC(=O)c2cc(OC)c(OC)c(OC)c2)sc(C(=O)NCCc2ccccc2)c1C. The molecular formula is C26H28N2O7S. The Morgan fingerprint density at radius 3 is 2.08 bits per heavy atom. The van der Waals surface area contributed by atoms with Gasteiger partial charge in [0.25, 0.3) is 11.8 Å². The minimum Gasteiger partial charge on any atom is -0.493 e. The van der Waals surface area contributed by atoms with Crippen LogP contribution in [-0.4, -0.2) is 52.8 Å². The summed E-state index contributed by atoms with van der Waals surface area (Å²) in [6.07, 6.45) is 0.658. The maximum atomic E-state index is 13.1. The number of anilines is 1. The fourth-order valence-electron chi connectivity index (χ4n) is 3.60. The highest BCUT2D eigenvalue weighted by molar-refractivity contribution is 7.18. The van der Waals surface area contributed by atoms with Crippen LogP contribution in [0.4, 0.5) is 5.00 Å². The number of thiophene rings is 1. The summed E-state index contributed by atoms with van der Waals surface area (Å²) in [4.78, 5) is 38.9. The van der Waals surface area contributed by atoms with Gasteiger partial charge in [0.05, 0.1) is 38.9 Å². The number of carbonyl (C=O) groups is 3. The van der Waals surface area contributed by atoms with Crippen LogP contribution in [0.15, 0.2) is 42.5 Å². The van der Waals surface area contributed by atoms with Crippen LogP contribution in [0.5, 0.6) is 17.2 Å². The molecule has 0 aliphatic rings. The van der Waals surface area contributed by atoms with Gasteiger partial charge in [-0.05, 0) is 36.6 Å². The molecule has 36 heavy (non-hydrogen) atoms. The topological polar surface area (TPSA) is 112 Å². The average Bonchev–Trinajstić information content (AvgIpc) is 3.23. The van der Waals surface area contributed by atoms with Crippen LogP contribution in [0.1, 0.15) is 41.5 Å². The molecule has 2 amide bonds. The minimum atomic E-state index is -0.660. The first kappa shape index (κ1) is 26.6. The predicted molar refractivity (Wildman–Crippen MR) is 137 cm³/mol. The lowest BCUT2D eigenvalue weighted by Crippen LogP contribution is -2.25. The van der Waals surface area contributed by atoms with Gasteiger partial charge in [-0.25, -0.2) is 4.79 Å². The number of hydrogen-bond acceptors (Lipinski definition) is 8. The van der Waals surface area contributed by atoms with Crippen LogP contribution in [-0.2, 0) is 11.2 Å². The summed E-state index contributed by atoms with van der Waals surface area (Å²) in [5.74, 6) is -0.587. The molecule has 0 spiro atoms. The number of nitrogens with one attached hydrogen (secondary N) is 2. The predicted octanol–water partition coefficient (Wildman–Crippen LogP) is 4.09. The van der Waals surface area contributed by atoms with E-state index in [1.54, 1.807) is 6.92 Å². The molecule has 0 unspecified atom stereocenters. The quantitative estimate of drug-likeness (QED) is 0.394. The summed E-state index contributed by atoms with van der Waals surface area (Å²) in [5.41, 5.74) is 1.84. The van der Waals surface area contributed by atoms with E-state index in [1.165, 1.54) is 40.6 Å². The Bertz CT molecular complexity index is 1230. The monoisotopic (exact) mass is 512 g/mol. The third kappa shape index (κ3) is 5.77. The molecule has 0 radical (unpaired) electrons. The lowest BCUT2D eigenvalue weighted by molar-refractivity contribution is 0.0601. The first-order chi connectivity index (χ1) is 17.3. The van der Waals surface area contributed by atoms with Crippen LogP contribution < -0.4 is 24.8 Å². The van der Waals surface area contributed by atoms with Crippen molar-refractivity contribution in [1.29, 1.82) is 0 Å². The second-order valence-electron chi connectivity index (χ2n) is 7.61. The van der Waals surface area contributed by atoms with E-state index in [4.69, 9.17) is 18.9 Å². The van der Waals surface area contributed by atoms with Gasteiger partial charge in [-0.15, -0.1) is 11.3 Å². The molecule has 3 rings (SSSR count). The molecule has 0 saturated carbocycles. The highest BCUT2D eigenvalue weighted by atomic mass is 32.1. The second-order valence-corrected chi connectivity index (χ2v) is 8.63. The van der Waals surface area contributed by atoms with Crippen LogP contribution in [0.2, 0.25) is 0 Å². The van der Waals surface area contributed by atoms with Crippen LogP contribution in [0, 0.1) is 6.92 Å². The van der Waals surface area contributed by atoms with Crippen molar-refractivity contribution in [2.24, 2.45) is 0 Å². The Labute approximate surface area is 213 Å². The molecule has 0 aliphatic carbocycles. The molecule has 0 bridgehead atoms. The summed E-state index contributed by atoms with van der Waals surface area (Å²) < 4.78 is 20.8. The zero-order valence-corrected chi connectivity index (χ0v) is 21.5. The van der Waals surface area contributed by atoms with Crippen molar-refractivity contribution in [3.63, 3.8) is 0 Å². The van der Waals surface area contributed by atoms with Gasteiger partial charge in [-0.2, -0.15) is 0 Å². The number of hydrogen-bond donors (Lipinski definition) is 2. The van der Waals surface area contributed by atoms with Crippen LogP contribution in [0.3, 0.4) is 0 Å². The summed E-state index contributed by atoms with van der Waals surface area (Å²) >= 11 is 1.00. The smallest absolute Gasteiger partial charge is 0.341 e. The number of esters is 1. The average molecular weight is 513 g/mol. The van der Waals surface area contributed by atoms with Gasteiger partial charge in [0.1, 0.15) is 5.00 Å². The molecule has 0 aliphatic heterocycles. The lowest BCUT2D eigenvalue weighted by atomic mass is 10.1. The maximum Gasteiger partial charge on any atom is 0.341 e. The third-order valence-corrected chi connectivity index (χ3v) is 6.64. The molecule has 0 saturated heterocycles.